The molecule has 0 aliphatic heterocycles. The molecule has 0 saturated heterocycles. The number of benzene rings is 2. The lowest BCUT2D eigenvalue weighted by Gasteiger charge is -2.18. The molecule has 2 amide bonds. The average molecular weight is 438 g/mol. The second-order valence-corrected chi connectivity index (χ2v) is 7.86. The first-order chi connectivity index (χ1) is 14.9. The number of carbonyl (C=O) groups is 2. The third kappa shape index (κ3) is 5.64. The van der Waals surface area contributed by atoms with Crippen LogP contribution in [0.15, 0.2) is 60.0 Å². The molecule has 5 nitrogen and oxygen atoms in total. The van der Waals surface area contributed by atoms with Crippen molar-refractivity contribution in [2.75, 3.05) is 4.90 Å². The largest absolute Gasteiger partial charge is 0.346 e. The van der Waals surface area contributed by atoms with E-state index in [0.717, 1.165) is 12.0 Å². The van der Waals surface area contributed by atoms with E-state index in [2.05, 4.69) is 29.4 Å². The average Bonchev–Trinajstić information content (AvgIpc) is 3.22. The molecule has 1 atom stereocenters. The molecule has 0 radical (unpaired) electrons. The standard InChI is InChI=1S/C24H24FN3O2S/c1-4-18-9-11-19(12-10-18)16(2)26-23(30)14-13-20-15-31-24(27-20)28(17(3)29)22-8-6-5-7-21(22)25/h5-16H,4H2,1-3H3,(H,26,30)/b14-13+. The molecule has 1 unspecified atom stereocenters. The van der Waals surface area contributed by atoms with Crippen LogP contribution in [0.1, 0.15) is 43.6 Å². The zero-order valence-electron chi connectivity index (χ0n) is 17.6. The van der Waals surface area contributed by atoms with Crippen molar-refractivity contribution < 1.29 is 14.0 Å². The first-order valence-electron chi connectivity index (χ1n) is 9.97. The van der Waals surface area contributed by atoms with Gasteiger partial charge in [-0.15, -0.1) is 11.3 Å². The zero-order chi connectivity index (χ0) is 22.4. The molecule has 1 heterocycles. The van der Waals surface area contributed by atoms with Crippen LogP contribution in [0, 0.1) is 5.82 Å². The number of hydrogen-bond acceptors (Lipinski definition) is 4. The topological polar surface area (TPSA) is 62.3 Å². The minimum absolute atomic E-state index is 0.136. The highest BCUT2D eigenvalue weighted by Gasteiger charge is 2.20. The maximum Gasteiger partial charge on any atom is 0.244 e. The minimum atomic E-state index is -0.509. The highest BCUT2D eigenvalue weighted by atomic mass is 32.1. The Kier molecular flexibility index (Phi) is 7.31. The van der Waals surface area contributed by atoms with E-state index < -0.39 is 5.82 Å². The van der Waals surface area contributed by atoms with Crippen molar-refractivity contribution in [1.29, 1.82) is 0 Å². The molecule has 7 heteroatoms. The molecule has 0 saturated carbocycles. The molecule has 2 aromatic carbocycles. The quantitative estimate of drug-likeness (QED) is 0.502. The van der Waals surface area contributed by atoms with E-state index in [-0.39, 0.29) is 23.5 Å². The normalized spacial score (nSPS) is 12.0. The van der Waals surface area contributed by atoms with Gasteiger partial charge < -0.3 is 5.32 Å². The van der Waals surface area contributed by atoms with Crippen LogP contribution in [0.5, 0.6) is 0 Å². The van der Waals surface area contributed by atoms with E-state index in [4.69, 9.17) is 0 Å². The maximum absolute atomic E-state index is 14.2. The van der Waals surface area contributed by atoms with Crippen molar-refractivity contribution in [2.24, 2.45) is 0 Å². The summed E-state index contributed by atoms with van der Waals surface area (Å²) >= 11 is 1.20. The molecule has 0 spiro atoms. The Balaban J connectivity index is 1.68. The molecule has 0 fully saturated rings. The summed E-state index contributed by atoms with van der Waals surface area (Å²) in [5.74, 6) is -1.11. The second-order valence-electron chi connectivity index (χ2n) is 7.02. The van der Waals surface area contributed by atoms with Crippen LogP contribution in [-0.2, 0) is 16.0 Å². The Labute approximate surface area is 185 Å². The Bertz CT molecular complexity index is 1090. The lowest BCUT2D eigenvalue weighted by molar-refractivity contribution is -0.117. The first kappa shape index (κ1) is 22.4. The van der Waals surface area contributed by atoms with Gasteiger partial charge in [-0.05, 0) is 42.7 Å². The van der Waals surface area contributed by atoms with Crippen molar-refractivity contribution in [2.45, 2.75) is 33.2 Å². The number of hydrogen-bond donors (Lipinski definition) is 1. The van der Waals surface area contributed by atoms with Gasteiger partial charge in [0.15, 0.2) is 5.13 Å². The predicted molar refractivity (Wildman–Crippen MR) is 123 cm³/mol. The Hall–Kier alpha value is -3.32. The number of nitrogens with one attached hydrogen (secondary N) is 1. The number of halogens is 1. The number of amides is 2. The molecule has 31 heavy (non-hydrogen) atoms. The van der Waals surface area contributed by atoms with Crippen LogP contribution in [0.25, 0.3) is 6.08 Å². The summed E-state index contributed by atoms with van der Waals surface area (Å²) in [5.41, 5.74) is 2.92. The first-order valence-corrected chi connectivity index (χ1v) is 10.8. The van der Waals surface area contributed by atoms with Crippen molar-refractivity contribution in [3.8, 4) is 0 Å². The van der Waals surface area contributed by atoms with Crippen molar-refractivity contribution in [3.63, 3.8) is 0 Å². The minimum Gasteiger partial charge on any atom is -0.346 e. The number of aromatic nitrogens is 1. The van der Waals surface area contributed by atoms with E-state index in [1.165, 1.54) is 46.9 Å². The molecule has 3 aromatic rings. The number of thiazole rings is 1. The fraction of sp³-hybridized carbons (Fsp3) is 0.208. The molecule has 0 aliphatic carbocycles. The summed E-state index contributed by atoms with van der Waals surface area (Å²) in [5, 5.41) is 4.97. The van der Waals surface area contributed by atoms with Gasteiger partial charge >= 0.3 is 0 Å². The van der Waals surface area contributed by atoms with E-state index >= 15 is 0 Å². The van der Waals surface area contributed by atoms with E-state index in [1.807, 2.05) is 19.1 Å². The fourth-order valence-corrected chi connectivity index (χ4v) is 3.89. The number of aryl methyl sites for hydroxylation is 1. The summed E-state index contributed by atoms with van der Waals surface area (Å²) in [6.45, 7) is 5.37. The molecule has 3 rings (SSSR count). The number of carbonyl (C=O) groups excluding carboxylic acids is 2. The van der Waals surface area contributed by atoms with Crippen molar-refractivity contribution in [1.82, 2.24) is 10.3 Å². The Morgan fingerprint density at radius 3 is 2.55 bits per heavy atom. The molecular weight excluding hydrogens is 413 g/mol. The van der Waals surface area contributed by atoms with Gasteiger partial charge in [-0.1, -0.05) is 43.3 Å². The summed E-state index contributed by atoms with van der Waals surface area (Å²) in [6.07, 6.45) is 3.94. The lowest BCUT2D eigenvalue weighted by atomic mass is 10.1. The summed E-state index contributed by atoms with van der Waals surface area (Å²) in [6, 6.07) is 14.0. The number of anilines is 2. The number of rotatable bonds is 7. The van der Waals surface area contributed by atoms with Gasteiger partial charge in [-0.2, -0.15) is 0 Å². The van der Waals surface area contributed by atoms with Crippen LogP contribution < -0.4 is 10.2 Å². The van der Waals surface area contributed by atoms with Crippen LogP contribution in [0.4, 0.5) is 15.2 Å². The zero-order valence-corrected chi connectivity index (χ0v) is 18.4. The molecule has 0 bridgehead atoms. The van der Waals surface area contributed by atoms with Gasteiger partial charge in [0, 0.05) is 18.4 Å². The van der Waals surface area contributed by atoms with Crippen LogP contribution in [-0.4, -0.2) is 16.8 Å². The van der Waals surface area contributed by atoms with E-state index in [9.17, 15) is 14.0 Å². The molecule has 1 aromatic heterocycles. The smallest absolute Gasteiger partial charge is 0.244 e. The predicted octanol–water partition coefficient (Wildman–Crippen LogP) is 5.42. The van der Waals surface area contributed by atoms with Crippen LogP contribution in [0.2, 0.25) is 0 Å². The highest BCUT2D eigenvalue weighted by Crippen LogP contribution is 2.31. The Morgan fingerprint density at radius 2 is 1.90 bits per heavy atom. The molecular formula is C24H24FN3O2S. The van der Waals surface area contributed by atoms with Gasteiger partial charge in [0.05, 0.1) is 17.4 Å². The maximum atomic E-state index is 14.2. The van der Waals surface area contributed by atoms with Gasteiger partial charge in [-0.3, -0.25) is 14.5 Å². The molecule has 0 aliphatic rings. The van der Waals surface area contributed by atoms with Gasteiger partial charge in [-0.25, -0.2) is 9.37 Å². The van der Waals surface area contributed by atoms with E-state index in [0.29, 0.717) is 10.8 Å². The van der Waals surface area contributed by atoms with Crippen molar-refractivity contribution in [3.05, 3.63) is 82.6 Å². The third-order valence-corrected chi connectivity index (χ3v) is 5.61. The van der Waals surface area contributed by atoms with Crippen LogP contribution >= 0.6 is 11.3 Å². The van der Waals surface area contributed by atoms with Gasteiger partial charge in [0.25, 0.3) is 0 Å². The SMILES string of the molecule is CCc1ccc(C(C)NC(=O)/C=C/c2csc(N(C(C)=O)c3ccccc3F)n2)cc1. The lowest BCUT2D eigenvalue weighted by Crippen LogP contribution is -2.24. The summed E-state index contributed by atoms with van der Waals surface area (Å²) < 4.78 is 14.2. The fourth-order valence-electron chi connectivity index (χ4n) is 3.04. The van der Waals surface area contributed by atoms with Gasteiger partial charge in [0.1, 0.15) is 5.82 Å². The monoisotopic (exact) mass is 437 g/mol. The number of nitrogens with zero attached hydrogens (tertiary/aromatic N) is 2. The summed E-state index contributed by atoms with van der Waals surface area (Å²) in [7, 11) is 0. The number of para-hydroxylation sites is 1. The highest BCUT2D eigenvalue weighted by molar-refractivity contribution is 7.14. The van der Waals surface area contributed by atoms with Gasteiger partial charge in [0.2, 0.25) is 11.8 Å². The molecule has 160 valence electrons. The summed E-state index contributed by atoms with van der Waals surface area (Å²) in [4.78, 5) is 30.0. The third-order valence-electron chi connectivity index (χ3n) is 4.76. The molecule has 1 N–H and O–H groups in total. The second kappa shape index (κ2) is 10.1. The van der Waals surface area contributed by atoms with Crippen molar-refractivity contribution >= 4 is 40.0 Å². The van der Waals surface area contributed by atoms with E-state index in [1.54, 1.807) is 23.6 Å². The van der Waals surface area contributed by atoms with Crippen LogP contribution in [0.3, 0.4) is 0 Å². The Morgan fingerprint density at radius 1 is 1.19 bits per heavy atom.